The van der Waals surface area contributed by atoms with Crippen LogP contribution in [0, 0.1) is 11.3 Å². The Bertz CT molecular complexity index is 513. The average Bonchev–Trinajstić information content (AvgIpc) is 2.26. The number of aromatic nitrogens is 1. The fraction of sp³-hybridized carbons (Fsp3) is 0.583. The van der Waals surface area contributed by atoms with E-state index in [9.17, 15) is 8.42 Å². The van der Waals surface area contributed by atoms with Crippen molar-refractivity contribution < 1.29 is 8.42 Å². The predicted molar refractivity (Wildman–Crippen MR) is 75.7 cm³/mol. The van der Waals surface area contributed by atoms with Crippen LogP contribution in [0.1, 0.15) is 27.7 Å². The van der Waals surface area contributed by atoms with Gasteiger partial charge in [0.05, 0.1) is 0 Å². The van der Waals surface area contributed by atoms with Gasteiger partial charge < -0.3 is 0 Å². The third kappa shape index (κ3) is 4.03. The van der Waals surface area contributed by atoms with E-state index in [4.69, 9.17) is 0 Å². The van der Waals surface area contributed by atoms with Gasteiger partial charge >= 0.3 is 0 Å². The molecule has 0 aliphatic rings. The Hall–Kier alpha value is -0.460. The quantitative estimate of drug-likeness (QED) is 0.900. The van der Waals surface area contributed by atoms with Gasteiger partial charge in [-0.25, -0.2) is 13.1 Å². The molecule has 0 aromatic carbocycles. The predicted octanol–water partition coefficient (Wildman–Crippen LogP) is 2.80. The lowest BCUT2D eigenvalue weighted by molar-refractivity contribution is 0.252. The van der Waals surface area contributed by atoms with E-state index >= 15 is 0 Å². The molecule has 0 spiro atoms. The lowest BCUT2D eigenvalue weighted by Gasteiger charge is -2.29. The second kappa shape index (κ2) is 5.67. The van der Waals surface area contributed by atoms with Crippen molar-refractivity contribution in [2.24, 2.45) is 11.3 Å². The molecule has 0 aliphatic heterocycles. The molecule has 0 amide bonds. The number of sulfonamides is 1. The van der Waals surface area contributed by atoms with Crippen LogP contribution in [-0.4, -0.2) is 19.9 Å². The minimum absolute atomic E-state index is 0.0908. The Labute approximate surface area is 117 Å². The molecule has 0 fully saturated rings. The Morgan fingerprint density at radius 1 is 1.39 bits per heavy atom. The summed E-state index contributed by atoms with van der Waals surface area (Å²) in [5.74, 6) is 0.390. The standard InChI is InChI=1S/C12H19BrN2O2S/c1-9(2)12(3,4)8-15-18(16,17)11-5-10(13)6-14-7-11/h5-7,9,15H,8H2,1-4H3. The molecule has 0 saturated heterocycles. The van der Waals surface area contributed by atoms with Crippen LogP contribution in [0.2, 0.25) is 0 Å². The lowest BCUT2D eigenvalue weighted by atomic mass is 9.81. The maximum absolute atomic E-state index is 12.1. The molecule has 102 valence electrons. The fourth-order valence-corrected chi connectivity index (χ4v) is 2.83. The van der Waals surface area contributed by atoms with Crippen molar-refractivity contribution in [2.45, 2.75) is 32.6 Å². The Morgan fingerprint density at radius 3 is 2.50 bits per heavy atom. The van der Waals surface area contributed by atoms with Crippen LogP contribution in [0.25, 0.3) is 0 Å². The van der Waals surface area contributed by atoms with Gasteiger partial charge in [-0.2, -0.15) is 0 Å². The van der Waals surface area contributed by atoms with Crippen LogP contribution in [0.5, 0.6) is 0 Å². The van der Waals surface area contributed by atoms with E-state index in [0.29, 0.717) is 16.9 Å². The maximum atomic E-state index is 12.1. The minimum atomic E-state index is -3.49. The molecule has 0 saturated carbocycles. The van der Waals surface area contributed by atoms with E-state index in [1.165, 1.54) is 12.3 Å². The van der Waals surface area contributed by atoms with Gasteiger partial charge in [-0.05, 0) is 33.3 Å². The Morgan fingerprint density at radius 2 is 2.00 bits per heavy atom. The van der Waals surface area contributed by atoms with Gasteiger partial charge in [-0.15, -0.1) is 0 Å². The molecule has 1 heterocycles. The highest BCUT2D eigenvalue weighted by Crippen LogP contribution is 2.25. The molecule has 1 aromatic heterocycles. The van der Waals surface area contributed by atoms with E-state index in [0.717, 1.165) is 0 Å². The minimum Gasteiger partial charge on any atom is -0.262 e. The smallest absolute Gasteiger partial charge is 0.242 e. The molecule has 1 aromatic rings. The van der Waals surface area contributed by atoms with Gasteiger partial charge in [0.1, 0.15) is 4.90 Å². The van der Waals surface area contributed by atoms with E-state index < -0.39 is 10.0 Å². The summed E-state index contributed by atoms with van der Waals surface area (Å²) in [6.07, 6.45) is 2.90. The van der Waals surface area contributed by atoms with Gasteiger partial charge in [0.15, 0.2) is 0 Å². The summed E-state index contributed by atoms with van der Waals surface area (Å²) < 4.78 is 27.4. The molecular weight excluding hydrogens is 316 g/mol. The van der Waals surface area contributed by atoms with Crippen LogP contribution in [0.15, 0.2) is 27.8 Å². The highest BCUT2D eigenvalue weighted by molar-refractivity contribution is 9.10. The van der Waals surface area contributed by atoms with Crippen LogP contribution in [-0.2, 0) is 10.0 Å². The summed E-state index contributed by atoms with van der Waals surface area (Å²) in [6, 6.07) is 1.54. The number of nitrogens with zero attached hydrogens (tertiary/aromatic N) is 1. The van der Waals surface area contributed by atoms with Crippen molar-refractivity contribution in [2.75, 3.05) is 6.54 Å². The summed E-state index contributed by atoms with van der Waals surface area (Å²) >= 11 is 3.21. The number of pyridine rings is 1. The van der Waals surface area contributed by atoms with E-state index in [2.05, 4.69) is 39.5 Å². The lowest BCUT2D eigenvalue weighted by Crippen LogP contribution is -2.37. The van der Waals surface area contributed by atoms with Crippen LogP contribution < -0.4 is 4.72 Å². The number of rotatable bonds is 5. The highest BCUT2D eigenvalue weighted by atomic mass is 79.9. The molecule has 0 atom stereocenters. The number of hydrogen-bond acceptors (Lipinski definition) is 3. The SMILES string of the molecule is CC(C)C(C)(C)CNS(=O)(=O)c1cncc(Br)c1. The van der Waals surface area contributed by atoms with Gasteiger partial charge in [-0.1, -0.05) is 27.7 Å². The zero-order valence-corrected chi connectivity index (χ0v) is 13.5. The molecule has 1 N–H and O–H groups in total. The van der Waals surface area contributed by atoms with Crippen molar-refractivity contribution in [3.05, 3.63) is 22.9 Å². The third-order valence-corrected chi connectivity index (χ3v) is 5.07. The first-order valence-corrected chi connectivity index (χ1v) is 8.03. The van der Waals surface area contributed by atoms with Gasteiger partial charge in [0.25, 0.3) is 0 Å². The fourth-order valence-electron chi connectivity index (χ4n) is 1.11. The van der Waals surface area contributed by atoms with E-state index in [1.807, 2.05) is 13.8 Å². The zero-order chi connectivity index (χ0) is 14.0. The summed E-state index contributed by atoms with van der Waals surface area (Å²) in [4.78, 5) is 4.04. The average molecular weight is 335 g/mol. The maximum Gasteiger partial charge on any atom is 0.242 e. The number of nitrogens with one attached hydrogen (secondary N) is 1. The first-order valence-electron chi connectivity index (χ1n) is 5.75. The molecule has 1 rings (SSSR count). The highest BCUT2D eigenvalue weighted by Gasteiger charge is 2.25. The van der Waals surface area contributed by atoms with Gasteiger partial charge in [0.2, 0.25) is 10.0 Å². The normalized spacial score (nSPS) is 13.0. The second-order valence-corrected chi connectivity index (χ2v) is 7.99. The van der Waals surface area contributed by atoms with E-state index in [1.54, 1.807) is 6.20 Å². The summed E-state index contributed by atoms with van der Waals surface area (Å²) in [7, 11) is -3.49. The Balaban J connectivity index is 2.84. The van der Waals surface area contributed by atoms with E-state index in [-0.39, 0.29) is 10.3 Å². The van der Waals surface area contributed by atoms with Gasteiger partial charge in [0, 0.05) is 23.4 Å². The van der Waals surface area contributed by atoms with Crippen LogP contribution >= 0.6 is 15.9 Å². The molecule has 18 heavy (non-hydrogen) atoms. The van der Waals surface area contributed by atoms with Crippen molar-refractivity contribution in [1.82, 2.24) is 9.71 Å². The molecule has 0 bridgehead atoms. The van der Waals surface area contributed by atoms with Crippen molar-refractivity contribution >= 4 is 26.0 Å². The largest absolute Gasteiger partial charge is 0.262 e. The summed E-state index contributed by atoms with van der Waals surface area (Å²) in [6.45, 7) is 8.64. The molecule has 6 heteroatoms. The van der Waals surface area contributed by atoms with Gasteiger partial charge in [-0.3, -0.25) is 4.98 Å². The number of hydrogen-bond donors (Lipinski definition) is 1. The molecule has 0 aliphatic carbocycles. The Kier molecular flexibility index (Phi) is 4.91. The number of halogens is 1. The van der Waals surface area contributed by atoms with Crippen molar-refractivity contribution in [3.8, 4) is 0 Å². The topological polar surface area (TPSA) is 59.1 Å². The molecule has 4 nitrogen and oxygen atoms in total. The second-order valence-electron chi connectivity index (χ2n) is 5.31. The molecular formula is C12H19BrN2O2S. The summed E-state index contributed by atoms with van der Waals surface area (Å²) in [5.41, 5.74) is -0.0908. The van der Waals surface area contributed by atoms with Crippen molar-refractivity contribution in [1.29, 1.82) is 0 Å². The zero-order valence-electron chi connectivity index (χ0n) is 11.1. The van der Waals surface area contributed by atoms with Crippen LogP contribution in [0.3, 0.4) is 0 Å². The first-order chi connectivity index (χ1) is 8.15. The van der Waals surface area contributed by atoms with Crippen molar-refractivity contribution in [3.63, 3.8) is 0 Å². The third-order valence-electron chi connectivity index (χ3n) is 3.27. The monoisotopic (exact) mass is 334 g/mol. The van der Waals surface area contributed by atoms with Crippen LogP contribution in [0.4, 0.5) is 0 Å². The summed E-state index contributed by atoms with van der Waals surface area (Å²) in [5, 5.41) is 0. The molecule has 0 unspecified atom stereocenters. The first kappa shape index (κ1) is 15.6. The molecule has 0 radical (unpaired) electrons.